The van der Waals surface area contributed by atoms with Gasteiger partial charge in [-0.25, -0.2) is 0 Å². The molecule has 0 amide bonds. The Balaban J connectivity index is 1.36. The zero-order valence-electron chi connectivity index (χ0n) is 15.8. The van der Waals surface area contributed by atoms with Crippen molar-refractivity contribution < 1.29 is 27.2 Å². The molecule has 0 bridgehead atoms. The highest BCUT2D eigenvalue weighted by molar-refractivity contribution is 7.85. The van der Waals surface area contributed by atoms with E-state index in [0.29, 0.717) is 32.2 Å². The summed E-state index contributed by atoms with van der Waals surface area (Å²) in [5.74, 6) is 1.27. The van der Waals surface area contributed by atoms with E-state index in [2.05, 4.69) is 12.6 Å². The molecule has 0 aliphatic heterocycles. The fourth-order valence-electron chi connectivity index (χ4n) is 2.71. The molecule has 0 saturated carbocycles. The maximum Gasteiger partial charge on any atom is 0.294 e. The molecule has 0 saturated heterocycles. The van der Waals surface area contributed by atoms with E-state index in [1.165, 1.54) is 24.3 Å². The zero-order valence-corrected chi connectivity index (χ0v) is 16.6. The summed E-state index contributed by atoms with van der Waals surface area (Å²) in [5.41, 5.74) is 1.08. The van der Waals surface area contributed by atoms with Crippen LogP contribution < -0.4 is 9.47 Å². The third-order valence-electron chi connectivity index (χ3n) is 4.19. The normalized spacial score (nSPS) is 11.3. The minimum absolute atomic E-state index is 0.173. The van der Waals surface area contributed by atoms with E-state index in [-0.39, 0.29) is 4.90 Å². The van der Waals surface area contributed by atoms with Crippen molar-refractivity contribution in [2.24, 2.45) is 0 Å². The van der Waals surface area contributed by atoms with E-state index in [1.54, 1.807) is 0 Å². The molecule has 0 aliphatic carbocycles. The first-order valence-corrected chi connectivity index (χ1v) is 10.5. The Morgan fingerprint density at radius 3 is 2.03 bits per heavy atom. The third kappa shape index (κ3) is 6.05. The zero-order chi connectivity index (χ0) is 20.7. The van der Waals surface area contributed by atoms with Crippen molar-refractivity contribution in [3.8, 4) is 11.5 Å². The van der Waals surface area contributed by atoms with Crippen LogP contribution in [0.5, 0.6) is 11.5 Å². The fourth-order valence-corrected chi connectivity index (χ4v) is 3.19. The summed E-state index contributed by atoms with van der Waals surface area (Å²) in [6, 6.07) is 17.6. The predicted octanol–water partition coefficient (Wildman–Crippen LogP) is 4.20. The van der Waals surface area contributed by atoms with Crippen LogP contribution >= 0.6 is 0 Å². The number of rotatable bonds is 10. The molecule has 0 aromatic heterocycles. The van der Waals surface area contributed by atoms with E-state index in [0.717, 1.165) is 22.1 Å². The highest BCUT2D eigenvalue weighted by atomic mass is 32.2. The number of hydrogen-bond donors (Lipinski definition) is 1. The van der Waals surface area contributed by atoms with Crippen LogP contribution in [0.4, 0.5) is 0 Å². The fraction of sp³-hybridized carbons (Fsp3) is 0.182. The maximum atomic E-state index is 11.0. The molecule has 0 atom stereocenters. The molecule has 3 rings (SSSR count). The second-order valence-corrected chi connectivity index (χ2v) is 7.65. The number of ether oxygens (including phenoxy) is 3. The lowest BCUT2D eigenvalue weighted by Crippen LogP contribution is -2.12. The lowest BCUT2D eigenvalue weighted by Gasteiger charge is -2.09. The van der Waals surface area contributed by atoms with Crippen molar-refractivity contribution in [3.63, 3.8) is 0 Å². The Hall–Kier alpha value is -2.87. The van der Waals surface area contributed by atoms with Gasteiger partial charge < -0.3 is 14.2 Å². The Morgan fingerprint density at radius 2 is 1.38 bits per heavy atom. The summed E-state index contributed by atoms with van der Waals surface area (Å²) < 4.78 is 47.5. The Morgan fingerprint density at radius 1 is 0.793 bits per heavy atom. The molecule has 152 valence electrons. The molecule has 0 spiro atoms. The summed E-state index contributed by atoms with van der Waals surface area (Å²) in [4.78, 5) is -0.173. The van der Waals surface area contributed by atoms with E-state index >= 15 is 0 Å². The number of hydrogen-bond acceptors (Lipinski definition) is 5. The molecule has 0 radical (unpaired) electrons. The smallest absolute Gasteiger partial charge is 0.294 e. The van der Waals surface area contributed by atoms with Gasteiger partial charge in [-0.2, -0.15) is 8.42 Å². The van der Waals surface area contributed by atoms with Crippen molar-refractivity contribution in [2.75, 3.05) is 26.4 Å². The van der Waals surface area contributed by atoms with Crippen LogP contribution in [0, 0.1) is 0 Å². The number of benzene rings is 3. The number of fused-ring (bicyclic) bond motifs is 1. The van der Waals surface area contributed by atoms with Gasteiger partial charge in [-0.3, -0.25) is 4.55 Å². The van der Waals surface area contributed by atoms with Crippen molar-refractivity contribution in [3.05, 3.63) is 72.8 Å². The molecular formula is C22H22O6S. The molecule has 29 heavy (non-hydrogen) atoms. The molecule has 6 nitrogen and oxygen atoms in total. The molecule has 0 aliphatic rings. The average Bonchev–Trinajstić information content (AvgIpc) is 2.72. The Bertz CT molecular complexity index is 1070. The van der Waals surface area contributed by atoms with Gasteiger partial charge in [0.25, 0.3) is 10.1 Å². The largest absolute Gasteiger partial charge is 0.491 e. The average molecular weight is 414 g/mol. The molecule has 1 N–H and O–H groups in total. The van der Waals surface area contributed by atoms with Crippen molar-refractivity contribution in [1.82, 2.24) is 0 Å². The second-order valence-electron chi connectivity index (χ2n) is 6.23. The van der Waals surface area contributed by atoms with Gasteiger partial charge in [-0.05, 0) is 58.8 Å². The monoisotopic (exact) mass is 414 g/mol. The second kappa shape index (κ2) is 9.56. The van der Waals surface area contributed by atoms with Gasteiger partial charge in [-0.1, -0.05) is 30.9 Å². The summed E-state index contributed by atoms with van der Waals surface area (Å²) in [6.45, 7) is 5.29. The van der Waals surface area contributed by atoms with E-state index in [9.17, 15) is 8.42 Å². The van der Waals surface area contributed by atoms with Crippen molar-refractivity contribution in [1.29, 1.82) is 0 Å². The molecule has 3 aromatic carbocycles. The summed E-state index contributed by atoms with van der Waals surface area (Å²) in [7, 11) is -4.19. The lowest BCUT2D eigenvalue weighted by molar-refractivity contribution is 0.0764. The summed E-state index contributed by atoms with van der Waals surface area (Å²) in [6.07, 6.45) is 1.82. The maximum absolute atomic E-state index is 11.0. The van der Waals surface area contributed by atoms with Crippen molar-refractivity contribution >= 4 is 27.0 Å². The summed E-state index contributed by atoms with van der Waals surface area (Å²) >= 11 is 0. The van der Waals surface area contributed by atoms with Crippen LogP contribution in [0.2, 0.25) is 0 Å². The highest BCUT2D eigenvalue weighted by Gasteiger charge is 2.08. The van der Waals surface area contributed by atoms with Gasteiger partial charge in [0.2, 0.25) is 0 Å². The van der Waals surface area contributed by atoms with Crippen LogP contribution in [0.1, 0.15) is 5.56 Å². The van der Waals surface area contributed by atoms with E-state index in [1.807, 2.05) is 36.4 Å². The van der Waals surface area contributed by atoms with E-state index in [4.69, 9.17) is 18.8 Å². The van der Waals surface area contributed by atoms with Crippen LogP contribution in [0.25, 0.3) is 16.8 Å². The Labute approximate surface area is 170 Å². The van der Waals surface area contributed by atoms with Crippen molar-refractivity contribution in [2.45, 2.75) is 4.90 Å². The summed E-state index contributed by atoms with van der Waals surface area (Å²) in [5, 5.41) is 2.23. The van der Waals surface area contributed by atoms with Crippen LogP contribution in [-0.4, -0.2) is 39.4 Å². The van der Waals surface area contributed by atoms with Crippen LogP contribution in [-0.2, 0) is 14.9 Å². The van der Waals surface area contributed by atoms with Gasteiger partial charge in [0.15, 0.2) is 0 Å². The minimum Gasteiger partial charge on any atom is -0.491 e. The molecule has 0 heterocycles. The van der Waals surface area contributed by atoms with Gasteiger partial charge in [0, 0.05) is 0 Å². The van der Waals surface area contributed by atoms with Gasteiger partial charge in [0.1, 0.15) is 24.7 Å². The molecule has 0 fully saturated rings. The first-order chi connectivity index (χ1) is 14.0. The predicted molar refractivity (Wildman–Crippen MR) is 112 cm³/mol. The van der Waals surface area contributed by atoms with E-state index < -0.39 is 10.1 Å². The van der Waals surface area contributed by atoms with Gasteiger partial charge in [-0.15, -0.1) is 0 Å². The third-order valence-corrected chi connectivity index (χ3v) is 5.05. The SMILES string of the molecule is C=Cc1ccc2cc(OCCOCCOc3ccc(S(=O)(=O)O)cc3)ccc2c1. The standard InChI is InChI=1S/C22H22O6S/c1-2-17-3-4-19-16-21(6-5-18(19)15-17)28-14-12-26-11-13-27-20-7-9-22(10-8-20)29(23,24)25/h2-10,15-16H,1,11-14H2,(H,23,24,25). The molecular weight excluding hydrogens is 392 g/mol. The molecule has 7 heteroatoms. The van der Waals surface area contributed by atoms with Crippen LogP contribution in [0.3, 0.4) is 0 Å². The highest BCUT2D eigenvalue weighted by Crippen LogP contribution is 2.22. The van der Waals surface area contributed by atoms with Crippen LogP contribution in [0.15, 0.2) is 72.1 Å². The first kappa shape index (κ1) is 20.9. The lowest BCUT2D eigenvalue weighted by atomic mass is 10.1. The topological polar surface area (TPSA) is 82.1 Å². The quantitative estimate of drug-likeness (QED) is 0.395. The Kier molecular flexibility index (Phi) is 6.87. The first-order valence-electron chi connectivity index (χ1n) is 9.03. The molecule has 3 aromatic rings. The molecule has 0 unspecified atom stereocenters. The van der Waals surface area contributed by atoms with Gasteiger partial charge in [0.05, 0.1) is 18.1 Å². The van der Waals surface area contributed by atoms with Gasteiger partial charge >= 0.3 is 0 Å². The minimum atomic E-state index is -4.19.